The van der Waals surface area contributed by atoms with E-state index in [1.165, 1.54) is 0 Å². The largest absolute Gasteiger partial charge is 0.495 e. The van der Waals surface area contributed by atoms with Crippen LogP contribution in [0, 0.1) is 16.1 Å². The van der Waals surface area contributed by atoms with Crippen LogP contribution in [0.5, 0.6) is 5.75 Å². The van der Waals surface area contributed by atoms with Crippen LogP contribution in [0.3, 0.4) is 0 Å². The molecular weight excluding hydrogens is 406 g/mol. The molecule has 1 N–H and O–H groups in total. The Kier molecular flexibility index (Phi) is 5.56. The second-order valence-electron chi connectivity index (χ2n) is 6.93. The molecule has 0 saturated carbocycles. The molecule has 0 atom stereocenters. The Bertz CT molecular complexity index is 1120. The number of nitrogens with one attached hydrogen (secondary N) is 1. The fourth-order valence-electron chi connectivity index (χ4n) is 3.82. The molecule has 1 aromatic heterocycles. The third-order valence-corrected chi connectivity index (χ3v) is 5.91. The summed E-state index contributed by atoms with van der Waals surface area (Å²) < 4.78 is 7.75. The lowest BCUT2D eigenvalue weighted by molar-refractivity contribution is 0.414. The van der Waals surface area contributed by atoms with Crippen LogP contribution in [-0.2, 0) is 0 Å². The van der Waals surface area contributed by atoms with Crippen molar-refractivity contribution in [3.63, 3.8) is 0 Å². The van der Waals surface area contributed by atoms with Crippen molar-refractivity contribution in [1.29, 1.82) is 5.26 Å². The molecule has 0 unspecified atom stereocenters. The van der Waals surface area contributed by atoms with Crippen molar-refractivity contribution in [1.82, 2.24) is 14.8 Å². The Morgan fingerprint density at radius 1 is 1.24 bits per heavy atom. The van der Waals surface area contributed by atoms with Crippen LogP contribution in [0.25, 0.3) is 5.69 Å². The number of halogens is 1. The van der Waals surface area contributed by atoms with E-state index in [1.54, 1.807) is 13.2 Å². The second-order valence-corrected chi connectivity index (χ2v) is 7.73. The van der Waals surface area contributed by atoms with Crippen molar-refractivity contribution in [2.75, 3.05) is 25.1 Å². The highest BCUT2D eigenvalue weighted by Gasteiger charge is 2.26. The summed E-state index contributed by atoms with van der Waals surface area (Å²) in [7, 11) is 1.62. The Hall–Kier alpha value is -2.82. The van der Waals surface area contributed by atoms with Crippen molar-refractivity contribution >= 4 is 29.5 Å². The topological polar surface area (TPSA) is 69.9 Å². The predicted octanol–water partition coefficient (Wildman–Crippen LogP) is 4.85. The quantitative estimate of drug-likeness (QED) is 0.605. The summed E-state index contributed by atoms with van der Waals surface area (Å²) >= 11 is 11.6. The average Bonchev–Trinajstić information content (AvgIpc) is 3.15. The number of benzene rings is 2. The van der Waals surface area contributed by atoms with E-state index in [0.717, 1.165) is 43.1 Å². The highest BCUT2D eigenvalue weighted by molar-refractivity contribution is 7.71. The van der Waals surface area contributed by atoms with Gasteiger partial charge in [-0.05, 0) is 49.3 Å². The molecule has 0 aliphatic carbocycles. The Balaban J connectivity index is 1.57. The number of anilines is 1. The average molecular weight is 426 g/mol. The fraction of sp³-hybridized carbons (Fsp3) is 0.286. The van der Waals surface area contributed by atoms with Crippen LogP contribution < -0.4 is 9.64 Å². The first-order chi connectivity index (χ1) is 14.1. The molecule has 2 aromatic carbocycles. The third kappa shape index (κ3) is 3.74. The third-order valence-electron chi connectivity index (χ3n) is 5.32. The maximum Gasteiger partial charge on any atom is 0.199 e. The van der Waals surface area contributed by atoms with Gasteiger partial charge in [0.05, 0.1) is 23.4 Å². The van der Waals surface area contributed by atoms with Crippen molar-refractivity contribution in [3.8, 4) is 17.5 Å². The number of rotatable bonds is 4. The summed E-state index contributed by atoms with van der Waals surface area (Å²) in [4.78, 5) is 2.32. The molecule has 1 saturated heterocycles. The normalized spacial score (nSPS) is 14.6. The van der Waals surface area contributed by atoms with Gasteiger partial charge in [0.15, 0.2) is 4.77 Å². The van der Waals surface area contributed by atoms with Gasteiger partial charge < -0.3 is 9.64 Å². The minimum Gasteiger partial charge on any atom is -0.495 e. The van der Waals surface area contributed by atoms with Crippen molar-refractivity contribution < 1.29 is 4.74 Å². The number of ether oxygens (including phenoxy) is 1. The van der Waals surface area contributed by atoms with Gasteiger partial charge in [0.1, 0.15) is 17.6 Å². The molecule has 8 heteroatoms. The molecule has 0 amide bonds. The molecule has 4 rings (SSSR count). The van der Waals surface area contributed by atoms with Gasteiger partial charge in [-0.25, -0.2) is 0 Å². The lowest BCUT2D eigenvalue weighted by atomic mass is 9.95. The van der Waals surface area contributed by atoms with Gasteiger partial charge >= 0.3 is 0 Å². The molecule has 1 fully saturated rings. The summed E-state index contributed by atoms with van der Waals surface area (Å²) in [6, 6.07) is 15.6. The van der Waals surface area contributed by atoms with Gasteiger partial charge in [-0.15, -0.1) is 0 Å². The molecule has 3 aromatic rings. The first-order valence-electron chi connectivity index (χ1n) is 9.37. The Morgan fingerprint density at radius 2 is 2.00 bits per heavy atom. The van der Waals surface area contributed by atoms with Gasteiger partial charge in [0.25, 0.3) is 0 Å². The monoisotopic (exact) mass is 425 g/mol. The van der Waals surface area contributed by atoms with Crippen LogP contribution >= 0.6 is 23.8 Å². The molecule has 1 aliphatic heterocycles. The molecule has 1 aliphatic rings. The van der Waals surface area contributed by atoms with E-state index in [1.807, 2.05) is 41.0 Å². The second kappa shape index (κ2) is 8.27. The van der Waals surface area contributed by atoms with Crippen LogP contribution in [0.2, 0.25) is 5.02 Å². The van der Waals surface area contributed by atoms with Gasteiger partial charge in [-0.2, -0.15) is 10.4 Å². The number of hydrogen-bond donors (Lipinski definition) is 1. The Morgan fingerprint density at radius 3 is 2.72 bits per heavy atom. The summed E-state index contributed by atoms with van der Waals surface area (Å²) in [5.74, 6) is 1.81. The number of H-pyrrole nitrogens is 1. The Labute approximate surface area is 179 Å². The summed E-state index contributed by atoms with van der Waals surface area (Å²) in [5.41, 5.74) is 2.45. The number of methoxy groups -OCH3 is 1. The van der Waals surface area contributed by atoms with Crippen LogP contribution in [0.1, 0.15) is 30.1 Å². The van der Waals surface area contributed by atoms with Crippen molar-refractivity contribution in [2.24, 2.45) is 0 Å². The fourth-order valence-corrected chi connectivity index (χ4v) is 4.25. The number of aromatic nitrogens is 3. The van der Waals surface area contributed by atoms with Gasteiger partial charge in [-0.1, -0.05) is 23.7 Å². The lowest BCUT2D eigenvalue weighted by Gasteiger charge is -2.33. The van der Waals surface area contributed by atoms with Gasteiger partial charge in [-0.3, -0.25) is 9.67 Å². The number of aromatic amines is 1. The molecular formula is C21H20ClN5OS. The number of para-hydroxylation sites is 1. The molecule has 29 heavy (non-hydrogen) atoms. The highest BCUT2D eigenvalue weighted by atomic mass is 35.5. The minimum atomic E-state index is 0.250. The zero-order chi connectivity index (χ0) is 20.4. The number of nitriles is 1. The summed E-state index contributed by atoms with van der Waals surface area (Å²) in [5, 5.41) is 17.5. The van der Waals surface area contributed by atoms with Gasteiger partial charge in [0, 0.05) is 30.8 Å². The number of hydrogen-bond acceptors (Lipinski definition) is 5. The lowest BCUT2D eigenvalue weighted by Crippen LogP contribution is -2.33. The van der Waals surface area contributed by atoms with E-state index in [4.69, 9.17) is 28.6 Å². The van der Waals surface area contributed by atoms with E-state index in [-0.39, 0.29) is 5.92 Å². The van der Waals surface area contributed by atoms with E-state index >= 15 is 0 Å². The molecule has 148 valence electrons. The first kappa shape index (κ1) is 19.5. The maximum absolute atomic E-state index is 9.48. The molecule has 0 bridgehead atoms. The maximum atomic E-state index is 9.48. The van der Waals surface area contributed by atoms with E-state index in [2.05, 4.69) is 21.2 Å². The molecule has 6 nitrogen and oxygen atoms in total. The number of piperidine rings is 1. The summed E-state index contributed by atoms with van der Waals surface area (Å²) in [6.45, 7) is 1.77. The van der Waals surface area contributed by atoms with Crippen molar-refractivity contribution in [2.45, 2.75) is 18.8 Å². The van der Waals surface area contributed by atoms with E-state index < -0.39 is 0 Å². The summed E-state index contributed by atoms with van der Waals surface area (Å²) in [6.07, 6.45) is 1.86. The van der Waals surface area contributed by atoms with E-state index in [9.17, 15) is 5.26 Å². The molecule has 0 radical (unpaired) electrons. The zero-order valence-corrected chi connectivity index (χ0v) is 17.5. The first-order valence-corrected chi connectivity index (χ1v) is 10.2. The van der Waals surface area contributed by atoms with Crippen LogP contribution in [-0.4, -0.2) is 35.0 Å². The van der Waals surface area contributed by atoms with Crippen LogP contribution in [0.15, 0.2) is 42.5 Å². The highest BCUT2D eigenvalue weighted by Crippen LogP contribution is 2.34. The molecule has 2 heterocycles. The SMILES string of the molecule is COc1cc(N2CCC(c3n[nH]c(=S)n3-c3ccccc3C#N)CC2)ccc1Cl. The standard InChI is InChI=1S/C21H20ClN5OS/c1-28-19-12-16(6-7-17(19)22)26-10-8-14(9-11-26)20-24-25-21(29)27(20)18-5-3-2-4-15(18)13-23/h2-7,12,14H,8-11H2,1H3,(H,25,29). The minimum absolute atomic E-state index is 0.250. The van der Waals surface area contributed by atoms with Gasteiger partial charge in [0.2, 0.25) is 0 Å². The zero-order valence-electron chi connectivity index (χ0n) is 15.9. The predicted molar refractivity (Wildman–Crippen MR) is 116 cm³/mol. The smallest absolute Gasteiger partial charge is 0.199 e. The van der Waals surface area contributed by atoms with Crippen LogP contribution in [0.4, 0.5) is 5.69 Å². The number of nitrogens with zero attached hydrogens (tertiary/aromatic N) is 4. The molecule has 0 spiro atoms. The van der Waals surface area contributed by atoms with Crippen molar-refractivity contribution in [3.05, 3.63) is 63.6 Å². The van der Waals surface area contributed by atoms with E-state index in [0.29, 0.717) is 21.1 Å².